The van der Waals surface area contributed by atoms with E-state index in [1.165, 1.54) is 0 Å². The molecule has 0 fully saturated rings. The lowest BCUT2D eigenvalue weighted by atomic mass is 10.1. The number of nitrogens with zero attached hydrogens (tertiary/aromatic N) is 1. The fourth-order valence-corrected chi connectivity index (χ4v) is 3.17. The van der Waals surface area contributed by atoms with Crippen molar-refractivity contribution >= 4 is 12.0 Å². The third-order valence-corrected chi connectivity index (χ3v) is 4.64. The zero-order valence-electron chi connectivity index (χ0n) is 17.1. The quantitative estimate of drug-likeness (QED) is 0.676. The third kappa shape index (κ3) is 5.02. The van der Waals surface area contributed by atoms with Crippen molar-refractivity contribution in [2.75, 3.05) is 33.5 Å². The van der Waals surface area contributed by atoms with Crippen LogP contribution in [0.3, 0.4) is 0 Å². The number of allylic oxidation sites excluding steroid dienone is 1. The molecule has 0 unspecified atom stereocenters. The molecule has 6 heteroatoms. The first-order valence-corrected chi connectivity index (χ1v) is 9.75. The number of hydrogen-bond donors (Lipinski definition) is 0. The number of carbonyl (C=O) groups excluding carboxylic acids is 1. The summed E-state index contributed by atoms with van der Waals surface area (Å²) in [6.45, 7) is 5.87. The summed E-state index contributed by atoms with van der Waals surface area (Å²) in [5.41, 5.74) is 1.93. The van der Waals surface area contributed by atoms with E-state index in [0.29, 0.717) is 43.6 Å². The molecule has 6 nitrogen and oxygen atoms in total. The number of likely N-dealkylation sites (N-methyl/N-ethyl adjacent to an activating group) is 1. The lowest BCUT2D eigenvalue weighted by molar-refractivity contribution is -0.133. The molecule has 1 aliphatic rings. The summed E-state index contributed by atoms with van der Waals surface area (Å²) >= 11 is 0. The fourth-order valence-electron chi connectivity index (χ4n) is 3.17. The summed E-state index contributed by atoms with van der Waals surface area (Å²) in [7, 11) is 1.59. The molecule has 154 valence electrons. The van der Waals surface area contributed by atoms with Gasteiger partial charge in [0.05, 0.1) is 7.11 Å². The van der Waals surface area contributed by atoms with Crippen molar-refractivity contribution in [3.8, 4) is 23.0 Å². The van der Waals surface area contributed by atoms with E-state index < -0.39 is 0 Å². The molecule has 3 rings (SSSR count). The van der Waals surface area contributed by atoms with Crippen LogP contribution in [0.5, 0.6) is 23.0 Å². The first kappa shape index (κ1) is 20.6. The highest BCUT2D eigenvalue weighted by Gasteiger charge is 2.20. The van der Waals surface area contributed by atoms with Crippen LogP contribution in [0.1, 0.15) is 25.0 Å². The third-order valence-electron chi connectivity index (χ3n) is 4.64. The summed E-state index contributed by atoms with van der Waals surface area (Å²) in [5.74, 6) is 2.46. The second-order valence-electron chi connectivity index (χ2n) is 6.55. The average Bonchev–Trinajstić information content (AvgIpc) is 2.76. The summed E-state index contributed by atoms with van der Waals surface area (Å²) in [5, 5.41) is 0. The Bertz CT molecular complexity index is 878. The van der Waals surface area contributed by atoms with Gasteiger partial charge in [0.25, 0.3) is 5.91 Å². The molecular weight excluding hydrogens is 370 g/mol. The largest absolute Gasteiger partial charge is 0.493 e. The summed E-state index contributed by atoms with van der Waals surface area (Å²) < 4.78 is 22.5. The molecule has 29 heavy (non-hydrogen) atoms. The van der Waals surface area contributed by atoms with E-state index in [4.69, 9.17) is 18.9 Å². The van der Waals surface area contributed by atoms with Crippen molar-refractivity contribution in [1.29, 1.82) is 0 Å². The van der Waals surface area contributed by atoms with Crippen molar-refractivity contribution < 1.29 is 23.7 Å². The van der Waals surface area contributed by atoms with E-state index in [9.17, 15) is 4.79 Å². The van der Waals surface area contributed by atoms with Gasteiger partial charge in [-0.15, -0.1) is 0 Å². The Balaban J connectivity index is 1.67. The van der Waals surface area contributed by atoms with E-state index in [1.54, 1.807) is 12.0 Å². The summed E-state index contributed by atoms with van der Waals surface area (Å²) in [6.07, 6.45) is 3.93. The molecule has 0 radical (unpaired) electrons. The Morgan fingerprint density at radius 3 is 2.76 bits per heavy atom. The van der Waals surface area contributed by atoms with Gasteiger partial charge in [0.1, 0.15) is 13.2 Å². The highest BCUT2D eigenvalue weighted by molar-refractivity contribution is 5.78. The first-order valence-electron chi connectivity index (χ1n) is 9.75. The number of fused-ring (bicyclic) bond motifs is 1. The van der Waals surface area contributed by atoms with Crippen molar-refractivity contribution in [1.82, 2.24) is 4.90 Å². The topological polar surface area (TPSA) is 57.2 Å². The molecular formula is C23H27NO5. The standard InChI is InChI=1S/C23H27NO5/c1-4-7-17-10-11-19(21(14-17)26-3)29-16-22(25)24(5-2)15-18-8-6-9-20-23(18)28-13-12-27-20/h4,6-11,14H,5,12-13,15-16H2,1-3H3/b7-4+. The number of carbonyl (C=O) groups is 1. The van der Waals surface area contributed by atoms with E-state index in [1.807, 2.05) is 62.4 Å². The minimum Gasteiger partial charge on any atom is -0.493 e. The molecule has 2 aromatic carbocycles. The van der Waals surface area contributed by atoms with Crippen molar-refractivity contribution in [3.63, 3.8) is 0 Å². The number of amides is 1. The van der Waals surface area contributed by atoms with Crippen LogP contribution in [-0.4, -0.2) is 44.3 Å². The molecule has 1 heterocycles. The van der Waals surface area contributed by atoms with Crippen molar-refractivity contribution in [2.24, 2.45) is 0 Å². The summed E-state index contributed by atoms with van der Waals surface area (Å²) in [6, 6.07) is 11.4. The predicted octanol–water partition coefficient (Wildman–Crippen LogP) is 3.93. The van der Waals surface area contributed by atoms with Crippen LogP contribution in [0.25, 0.3) is 6.08 Å². The van der Waals surface area contributed by atoms with Gasteiger partial charge in [-0.3, -0.25) is 4.79 Å². The highest BCUT2D eigenvalue weighted by atomic mass is 16.6. The monoisotopic (exact) mass is 397 g/mol. The first-order chi connectivity index (χ1) is 14.2. The van der Waals surface area contributed by atoms with E-state index in [-0.39, 0.29) is 12.5 Å². The molecule has 0 saturated heterocycles. The number of hydrogen-bond acceptors (Lipinski definition) is 5. The van der Waals surface area contributed by atoms with Crippen molar-refractivity contribution in [2.45, 2.75) is 20.4 Å². The normalized spacial score (nSPS) is 12.7. The number of rotatable bonds is 8. The second-order valence-corrected chi connectivity index (χ2v) is 6.55. The van der Waals surface area contributed by atoms with Crippen LogP contribution in [0, 0.1) is 0 Å². The number of ether oxygens (including phenoxy) is 4. The highest BCUT2D eigenvalue weighted by Crippen LogP contribution is 2.34. The fraction of sp³-hybridized carbons (Fsp3) is 0.348. The van der Waals surface area contributed by atoms with Crippen LogP contribution < -0.4 is 18.9 Å². The number of methoxy groups -OCH3 is 1. The summed E-state index contributed by atoms with van der Waals surface area (Å²) in [4.78, 5) is 14.5. The molecule has 0 atom stereocenters. The van der Waals surface area contributed by atoms with Gasteiger partial charge in [0.2, 0.25) is 0 Å². The molecule has 0 aromatic heterocycles. The Hall–Kier alpha value is -3.15. The minimum atomic E-state index is -0.110. The maximum Gasteiger partial charge on any atom is 0.260 e. The second kappa shape index (κ2) is 9.87. The van der Waals surface area contributed by atoms with Gasteiger partial charge < -0.3 is 23.8 Å². The number of para-hydroxylation sites is 1. The zero-order valence-corrected chi connectivity index (χ0v) is 17.1. The Morgan fingerprint density at radius 2 is 2.00 bits per heavy atom. The SMILES string of the molecule is C/C=C/c1ccc(OCC(=O)N(CC)Cc2cccc3c2OCCO3)c(OC)c1. The van der Waals surface area contributed by atoms with E-state index in [0.717, 1.165) is 16.9 Å². The van der Waals surface area contributed by atoms with Gasteiger partial charge in [0.15, 0.2) is 29.6 Å². The molecule has 0 saturated carbocycles. The van der Waals surface area contributed by atoms with Gasteiger partial charge in [-0.25, -0.2) is 0 Å². The Labute approximate surface area is 171 Å². The van der Waals surface area contributed by atoms with Gasteiger partial charge in [-0.1, -0.05) is 30.4 Å². The molecule has 1 aliphatic heterocycles. The molecule has 2 aromatic rings. The van der Waals surface area contributed by atoms with Crippen LogP contribution in [0.15, 0.2) is 42.5 Å². The minimum absolute atomic E-state index is 0.0699. The van der Waals surface area contributed by atoms with Gasteiger partial charge >= 0.3 is 0 Å². The van der Waals surface area contributed by atoms with E-state index in [2.05, 4.69) is 0 Å². The Kier molecular flexibility index (Phi) is 7.00. The molecule has 0 aliphatic carbocycles. The number of benzene rings is 2. The van der Waals surface area contributed by atoms with Crippen LogP contribution in [-0.2, 0) is 11.3 Å². The maximum atomic E-state index is 12.8. The zero-order chi connectivity index (χ0) is 20.6. The van der Waals surface area contributed by atoms with Gasteiger partial charge in [-0.05, 0) is 37.6 Å². The van der Waals surface area contributed by atoms with Crippen molar-refractivity contribution in [3.05, 3.63) is 53.6 Å². The maximum absolute atomic E-state index is 12.8. The van der Waals surface area contributed by atoms with Gasteiger partial charge in [-0.2, -0.15) is 0 Å². The predicted molar refractivity (Wildman–Crippen MR) is 112 cm³/mol. The molecule has 0 N–H and O–H groups in total. The van der Waals surface area contributed by atoms with Gasteiger partial charge in [0, 0.05) is 18.7 Å². The molecule has 0 spiro atoms. The van der Waals surface area contributed by atoms with Crippen LogP contribution in [0.4, 0.5) is 0 Å². The smallest absolute Gasteiger partial charge is 0.260 e. The lowest BCUT2D eigenvalue weighted by Gasteiger charge is -2.25. The Morgan fingerprint density at radius 1 is 1.17 bits per heavy atom. The molecule has 1 amide bonds. The lowest BCUT2D eigenvalue weighted by Crippen LogP contribution is -2.34. The van der Waals surface area contributed by atoms with Crippen LogP contribution >= 0.6 is 0 Å². The molecule has 0 bridgehead atoms. The van der Waals surface area contributed by atoms with E-state index >= 15 is 0 Å². The van der Waals surface area contributed by atoms with Crippen LogP contribution in [0.2, 0.25) is 0 Å². The average molecular weight is 397 g/mol.